The third kappa shape index (κ3) is 2.41. The SMILES string of the molecule is Cc1[nH]nc2c1[C@H](c1ccc3ccccc3c1)S[C@@H](C)C(=O)N2. The molecule has 0 saturated carbocycles. The first-order valence-corrected chi connectivity index (χ1v) is 8.57. The minimum Gasteiger partial charge on any atom is -0.308 e. The Morgan fingerprint density at radius 2 is 1.91 bits per heavy atom. The molecule has 3 aromatic rings. The van der Waals surface area contributed by atoms with Gasteiger partial charge in [0.05, 0.1) is 10.5 Å². The summed E-state index contributed by atoms with van der Waals surface area (Å²) < 4.78 is 0. The molecule has 23 heavy (non-hydrogen) atoms. The number of carbonyl (C=O) groups excluding carboxylic acids is 1. The van der Waals surface area contributed by atoms with E-state index < -0.39 is 0 Å². The normalized spacial score (nSPS) is 20.9. The van der Waals surface area contributed by atoms with Crippen molar-refractivity contribution in [3.63, 3.8) is 0 Å². The summed E-state index contributed by atoms with van der Waals surface area (Å²) in [6, 6.07) is 14.8. The highest BCUT2D eigenvalue weighted by atomic mass is 32.2. The first kappa shape index (κ1) is 14.3. The summed E-state index contributed by atoms with van der Waals surface area (Å²) in [5.74, 6) is 0.661. The van der Waals surface area contributed by atoms with Crippen molar-refractivity contribution in [2.75, 3.05) is 5.32 Å². The fraction of sp³-hybridized carbons (Fsp3) is 0.222. The Balaban J connectivity index is 1.87. The molecule has 0 saturated heterocycles. The molecular weight excluding hydrogens is 306 g/mol. The number of H-pyrrole nitrogens is 1. The first-order valence-electron chi connectivity index (χ1n) is 7.63. The number of hydrogen-bond donors (Lipinski definition) is 2. The van der Waals surface area contributed by atoms with E-state index in [1.807, 2.05) is 19.9 Å². The largest absolute Gasteiger partial charge is 0.308 e. The Morgan fingerprint density at radius 1 is 1.13 bits per heavy atom. The minimum absolute atomic E-state index is 0.00559. The van der Waals surface area contributed by atoms with Crippen molar-refractivity contribution in [1.29, 1.82) is 0 Å². The number of aromatic amines is 1. The summed E-state index contributed by atoms with van der Waals surface area (Å²) >= 11 is 1.67. The maximum atomic E-state index is 12.2. The number of rotatable bonds is 1. The lowest BCUT2D eigenvalue weighted by atomic mass is 10.0. The number of hydrogen-bond acceptors (Lipinski definition) is 3. The van der Waals surface area contributed by atoms with Crippen LogP contribution in [0, 0.1) is 6.92 Å². The number of amides is 1. The highest BCUT2D eigenvalue weighted by Gasteiger charge is 2.32. The van der Waals surface area contributed by atoms with Crippen LogP contribution in [0.3, 0.4) is 0 Å². The summed E-state index contributed by atoms with van der Waals surface area (Å²) in [5, 5.41) is 12.6. The van der Waals surface area contributed by atoms with E-state index in [4.69, 9.17) is 0 Å². The molecule has 2 N–H and O–H groups in total. The van der Waals surface area contributed by atoms with Crippen LogP contribution in [0.15, 0.2) is 42.5 Å². The van der Waals surface area contributed by atoms with Gasteiger partial charge in [-0.15, -0.1) is 11.8 Å². The van der Waals surface area contributed by atoms with Gasteiger partial charge in [-0.25, -0.2) is 0 Å². The lowest BCUT2D eigenvalue weighted by Gasteiger charge is -2.18. The van der Waals surface area contributed by atoms with E-state index in [-0.39, 0.29) is 16.4 Å². The van der Waals surface area contributed by atoms with Crippen molar-refractivity contribution >= 4 is 34.3 Å². The van der Waals surface area contributed by atoms with Gasteiger partial charge in [0, 0.05) is 11.3 Å². The number of nitrogens with one attached hydrogen (secondary N) is 2. The Labute approximate surface area is 138 Å². The molecule has 2 heterocycles. The van der Waals surface area contributed by atoms with Crippen LogP contribution in [-0.4, -0.2) is 21.4 Å². The van der Waals surface area contributed by atoms with Crippen LogP contribution < -0.4 is 5.32 Å². The fourth-order valence-electron chi connectivity index (χ4n) is 3.02. The van der Waals surface area contributed by atoms with Crippen molar-refractivity contribution in [1.82, 2.24) is 10.2 Å². The molecule has 0 unspecified atom stereocenters. The molecule has 1 aliphatic rings. The molecule has 4 rings (SSSR count). The Hall–Kier alpha value is -2.27. The zero-order valence-electron chi connectivity index (χ0n) is 13.0. The molecule has 0 bridgehead atoms. The zero-order valence-corrected chi connectivity index (χ0v) is 13.8. The maximum absolute atomic E-state index is 12.2. The standard InChI is InChI=1S/C18H17N3OS/c1-10-15-16(23-11(2)18(22)19-17(15)21-20-10)14-8-7-12-5-3-4-6-13(12)9-14/h3-9,11,16H,1-2H3,(H2,19,20,21,22)/t11-,16-/m0/s1. The van der Waals surface area contributed by atoms with Crippen LogP contribution in [-0.2, 0) is 4.79 Å². The Kier molecular flexibility index (Phi) is 3.38. The van der Waals surface area contributed by atoms with Crippen molar-refractivity contribution in [2.45, 2.75) is 24.3 Å². The van der Waals surface area contributed by atoms with Gasteiger partial charge in [0.25, 0.3) is 0 Å². The average Bonchev–Trinajstić information content (AvgIpc) is 2.86. The van der Waals surface area contributed by atoms with Crippen LogP contribution in [0.1, 0.15) is 29.0 Å². The number of nitrogens with zero attached hydrogens (tertiary/aromatic N) is 1. The predicted molar refractivity (Wildman–Crippen MR) is 94.8 cm³/mol. The maximum Gasteiger partial charge on any atom is 0.238 e. The van der Waals surface area contributed by atoms with E-state index in [1.54, 1.807) is 11.8 Å². The van der Waals surface area contributed by atoms with Gasteiger partial charge in [0.15, 0.2) is 5.82 Å². The van der Waals surface area contributed by atoms with Gasteiger partial charge in [-0.05, 0) is 36.2 Å². The molecule has 5 heteroatoms. The second-order valence-corrected chi connectivity index (χ2v) is 7.32. The average molecular weight is 323 g/mol. The van der Waals surface area contributed by atoms with E-state index in [0.29, 0.717) is 5.82 Å². The topological polar surface area (TPSA) is 57.8 Å². The van der Waals surface area contributed by atoms with Gasteiger partial charge in [-0.3, -0.25) is 9.89 Å². The van der Waals surface area contributed by atoms with E-state index in [1.165, 1.54) is 16.3 Å². The quantitative estimate of drug-likeness (QED) is 0.711. The molecule has 2 atom stereocenters. The summed E-state index contributed by atoms with van der Waals surface area (Å²) in [6.45, 7) is 3.95. The molecule has 4 nitrogen and oxygen atoms in total. The highest BCUT2D eigenvalue weighted by Crippen LogP contribution is 2.45. The third-order valence-electron chi connectivity index (χ3n) is 4.28. The lowest BCUT2D eigenvalue weighted by Crippen LogP contribution is -2.21. The third-order valence-corrected chi connectivity index (χ3v) is 5.69. The smallest absolute Gasteiger partial charge is 0.238 e. The highest BCUT2D eigenvalue weighted by molar-refractivity contribution is 8.01. The van der Waals surface area contributed by atoms with Crippen molar-refractivity contribution in [2.24, 2.45) is 0 Å². The number of fused-ring (bicyclic) bond motifs is 2. The Bertz CT molecular complexity index is 902. The van der Waals surface area contributed by atoms with Crippen LogP contribution in [0.25, 0.3) is 10.8 Å². The van der Waals surface area contributed by atoms with E-state index in [9.17, 15) is 4.79 Å². The second kappa shape index (κ2) is 5.42. The number of anilines is 1. The van der Waals surface area contributed by atoms with Crippen LogP contribution in [0.5, 0.6) is 0 Å². The van der Waals surface area contributed by atoms with E-state index >= 15 is 0 Å². The van der Waals surface area contributed by atoms with Crippen LogP contribution in [0.4, 0.5) is 5.82 Å². The molecule has 0 radical (unpaired) electrons. The van der Waals surface area contributed by atoms with Gasteiger partial charge in [0.2, 0.25) is 5.91 Å². The fourth-order valence-corrected chi connectivity index (χ4v) is 4.34. The number of aromatic nitrogens is 2. The summed E-state index contributed by atoms with van der Waals surface area (Å²) in [4.78, 5) is 12.2. The van der Waals surface area contributed by atoms with E-state index in [0.717, 1.165) is 11.3 Å². The number of carbonyl (C=O) groups is 1. The molecule has 116 valence electrons. The Morgan fingerprint density at radius 3 is 2.74 bits per heavy atom. The van der Waals surface area contributed by atoms with Gasteiger partial charge in [0.1, 0.15) is 0 Å². The van der Waals surface area contributed by atoms with Gasteiger partial charge in [-0.2, -0.15) is 5.10 Å². The zero-order chi connectivity index (χ0) is 16.0. The summed E-state index contributed by atoms with van der Waals surface area (Å²) in [7, 11) is 0. The van der Waals surface area contributed by atoms with Crippen LogP contribution >= 0.6 is 11.8 Å². The number of aryl methyl sites for hydroxylation is 1. The molecule has 0 aliphatic carbocycles. The lowest BCUT2D eigenvalue weighted by molar-refractivity contribution is -0.115. The van der Waals surface area contributed by atoms with Crippen LogP contribution in [0.2, 0.25) is 0 Å². The monoisotopic (exact) mass is 323 g/mol. The minimum atomic E-state index is -0.125. The van der Waals surface area contributed by atoms with Gasteiger partial charge in [-0.1, -0.05) is 36.4 Å². The molecule has 1 aliphatic heterocycles. The van der Waals surface area contributed by atoms with Gasteiger partial charge >= 0.3 is 0 Å². The molecule has 0 fully saturated rings. The van der Waals surface area contributed by atoms with Crippen molar-refractivity contribution < 1.29 is 4.79 Å². The van der Waals surface area contributed by atoms with Gasteiger partial charge < -0.3 is 5.32 Å². The van der Waals surface area contributed by atoms with Crippen molar-refractivity contribution in [3.05, 3.63) is 59.3 Å². The molecule has 1 amide bonds. The molecule has 0 spiro atoms. The molecular formula is C18H17N3OS. The summed E-state index contributed by atoms with van der Waals surface area (Å²) in [5.41, 5.74) is 3.27. The number of thioether (sulfide) groups is 1. The number of benzene rings is 2. The first-order chi connectivity index (χ1) is 11.1. The predicted octanol–water partition coefficient (Wildman–Crippen LogP) is 4.03. The van der Waals surface area contributed by atoms with Crippen molar-refractivity contribution in [3.8, 4) is 0 Å². The molecule has 2 aromatic carbocycles. The van der Waals surface area contributed by atoms with E-state index in [2.05, 4.69) is 51.9 Å². The summed E-state index contributed by atoms with van der Waals surface area (Å²) in [6.07, 6.45) is 0. The molecule has 1 aromatic heterocycles. The second-order valence-electron chi connectivity index (χ2n) is 5.87.